The summed E-state index contributed by atoms with van der Waals surface area (Å²) in [7, 11) is 0. The van der Waals surface area contributed by atoms with Gasteiger partial charge in [-0.05, 0) is 31.9 Å². The van der Waals surface area contributed by atoms with E-state index in [9.17, 15) is 4.39 Å². The molecule has 0 aliphatic rings. The third-order valence-electron chi connectivity index (χ3n) is 1.82. The molecule has 3 nitrogen and oxygen atoms in total. The van der Waals surface area contributed by atoms with Gasteiger partial charge in [0.1, 0.15) is 5.82 Å². The highest BCUT2D eigenvalue weighted by atomic mass is 19.1. The van der Waals surface area contributed by atoms with Crippen molar-refractivity contribution in [3.63, 3.8) is 0 Å². The van der Waals surface area contributed by atoms with Crippen molar-refractivity contribution in [3.05, 3.63) is 24.1 Å². The van der Waals surface area contributed by atoms with E-state index in [0.29, 0.717) is 12.4 Å². The summed E-state index contributed by atoms with van der Waals surface area (Å²) in [5.74, 6) is 0.0566. The summed E-state index contributed by atoms with van der Waals surface area (Å²) in [6, 6.07) is 4.63. The second kappa shape index (κ2) is 5.54. The first-order valence-corrected chi connectivity index (χ1v) is 4.73. The van der Waals surface area contributed by atoms with Crippen molar-refractivity contribution in [2.75, 3.05) is 11.9 Å². The molecule has 2 N–H and O–H groups in total. The van der Waals surface area contributed by atoms with Gasteiger partial charge in [-0.2, -0.15) is 4.39 Å². The molecule has 1 atom stereocenters. The van der Waals surface area contributed by atoms with Crippen LogP contribution in [-0.4, -0.2) is 22.7 Å². The van der Waals surface area contributed by atoms with E-state index in [1.54, 1.807) is 19.1 Å². The number of aliphatic hydroxyl groups excluding tert-OH is 1. The Morgan fingerprint density at radius 2 is 2.36 bits per heavy atom. The first kappa shape index (κ1) is 10.9. The molecule has 78 valence electrons. The predicted octanol–water partition coefficient (Wildman–Crippen LogP) is 1.79. The molecule has 0 fully saturated rings. The third-order valence-corrected chi connectivity index (χ3v) is 1.82. The van der Waals surface area contributed by atoms with E-state index in [1.807, 2.05) is 0 Å². The maximum Gasteiger partial charge on any atom is 0.214 e. The number of aromatic nitrogens is 1. The summed E-state index contributed by atoms with van der Waals surface area (Å²) in [4.78, 5) is 3.65. The van der Waals surface area contributed by atoms with Crippen molar-refractivity contribution in [1.29, 1.82) is 0 Å². The molecule has 0 saturated heterocycles. The van der Waals surface area contributed by atoms with E-state index in [1.165, 1.54) is 6.07 Å². The van der Waals surface area contributed by atoms with Gasteiger partial charge in [0, 0.05) is 6.54 Å². The molecule has 4 heteroatoms. The molecule has 0 aromatic carbocycles. The van der Waals surface area contributed by atoms with Crippen molar-refractivity contribution >= 4 is 5.82 Å². The Kier molecular flexibility index (Phi) is 4.32. The SMILES string of the molecule is CC(O)CCCNc1cccc(F)n1. The molecule has 1 rings (SSSR count). The first-order chi connectivity index (χ1) is 6.68. The summed E-state index contributed by atoms with van der Waals surface area (Å²) in [5.41, 5.74) is 0. The molecule has 1 aromatic heterocycles. The van der Waals surface area contributed by atoms with Crippen LogP contribution in [0.5, 0.6) is 0 Å². The number of nitrogens with one attached hydrogen (secondary N) is 1. The fraction of sp³-hybridized carbons (Fsp3) is 0.500. The number of halogens is 1. The van der Waals surface area contributed by atoms with Crippen LogP contribution in [0.2, 0.25) is 0 Å². The van der Waals surface area contributed by atoms with Crippen LogP contribution in [0.15, 0.2) is 18.2 Å². The zero-order valence-electron chi connectivity index (χ0n) is 8.20. The van der Waals surface area contributed by atoms with Gasteiger partial charge in [-0.1, -0.05) is 6.07 Å². The number of anilines is 1. The molecule has 1 heterocycles. The van der Waals surface area contributed by atoms with Crippen LogP contribution >= 0.6 is 0 Å². The fourth-order valence-corrected chi connectivity index (χ4v) is 1.12. The van der Waals surface area contributed by atoms with E-state index in [2.05, 4.69) is 10.3 Å². The van der Waals surface area contributed by atoms with Gasteiger partial charge >= 0.3 is 0 Å². The van der Waals surface area contributed by atoms with Gasteiger partial charge in [-0.25, -0.2) is 4.98 Å². The Hall–Kier alpha value is -1.16. The largest absolute Gasteiger partial charge is 0.393 e. The minimum Gasteiger partial charge on any atom is -0.393 e. The van der Waals surface area contributed by atoms with E-state index >= 15 is 0 Å². The van der Waals surface area contributed by atoms with E-state index in [0.717, 1.165) is 12.8 Å². The van der Waals surface area contributed by atoms with Crippen molar-refractivity contribution in [2.24, 2.45) is 0 Å². The normalized spacial score (nSPS) is 12.5. The quantitative estimate of drug-likeness (QED) is 0.560. The minimum atomic E-state index is -0.481. The molecular formula is C10H15FN2O. The summed E-state index contributed by atoms with van der Waals surface area (Å²) in [6.07, 6.45) is 1.30. The molecule has 1 unspecified atom stereocenters. The second-order valence-corrected chi connectivity index (χ2v) is 3.26. The molecule has 0 radical (unpaired) electrons. The molecule has 0 amide bonds. The molecule has 0 bridgehead atoms. The van der Waals surface area contributed by atoms with Gasteiger partial charge in [-0.15, -0.1) is 0 Å². The Bertz CT molecular complexity index is 279. The lowest BCUT2D eigenvalue weighted by molar-refractivity contribution is 0.183. The van der Waals surface area contributed by atoms with Crippen LogP contribution in [0.1, 0.15) is 19.8 Å². The lowest BCUT2D eigenvalue weighted by Gasteiger charge is -2.06. The molecular weight excluding hydrogens is 183 g/mol. The zero-order chi connectivity index (χ0) is 10.4. The van der Waals surface area contributed by atoms with Crippen LogP contribution in [0.25, 0.3) is 0 Å². The highest BCUT2D eigenvalue weighted by Gasteiger charge is 1.97. The number of pyridine rings is 1. The summed E-state index contributed by atoms with van der Waals surface area (Å²) in [5, 5.41) is 12.0. The van der Waals surface area contributed by atoms with Gasteiger partial charge in [-0.3, -0.25) is 0 Å². The maximum absolute atomic E-state index is 12.6. The fourth-order valence-electron chi connectivity index (χ4n) is 1.12. The highest BCUT2D eigenvalue weighted by molar-refractivity contribution is 5.33. The average molecular weight is 198 g/mol. The van der Waals surface area contributed by atoms with Crippen LogP contribution in [0, 0.1) is 5.95 Å². The molecule has 14 heavy (non-hydrogen) atoms. The Morgan fingerprint density at radius 3 is 3.00 bits per heavy atom. The predicted molar refractivity (Wildman–Crippen MR) is 53.6 cm³/mol. The number of nitrogens with zero attached hydrogens (tertiary/aromatic N) is 1. The van der Waals surface area contributed by atoms with E-state index in [4.69, 9.17) is 5.11 Å². The van der Waals surface area contributed by atoms with Crippen LogP contribution in [0.4, 0.5) is 10.2 Å². The summed E-state index contributed by atoms with van der Waals surface area (Å²) in [6.45, 7) is 2.45. The lowest BCUT2D eigenvalue weighted by atomic mass is 10.2. The molecule has 0 saturated carbocycles. The van der Waals surface area contributed by atoms with Crippen LogP contribution in [0.3, 0.4) is 0 Å². The summed E-state index contributed by atoms with van der Waals surface area (Å²) < 4.78 is 12.6. The smallest absolute Gasteiger partial charge is 0.214 e. The third kappa shape index (κ3) is 4.18. The standard InChI is InChI=1S/C10H15FN2O/c1-8(14)4-3-7-12-10-6-2-5-9(11)13-10/h2,5-6,8,14H,3-4,7H2,1H3,(H,12,13). The summed E-state index contributed by atoms with van der Waals surface area (Å²) >= 11 is 0. The molecule has 0 spiro atoms. The van der Waals surface area contributed by atoms with Gasteiger partial charge in [0.15, 0.2) is 0 Å². The van der Waals surface area contributed by atoms with Crippen molar-refractivity contribution in [2.45, 2.75) is 25.9 Å². The zero-order valence-corrected chi connectivity index (χ0v) is 8.20. The van der Waals surface area contributed by atoms with Crippen molar-refractivity contribution in [1.82, 2.24) is 4.98 Å². The van der Waals surface area contributed by atoms with Crippen LogP contribution < -0.4 is 5.32 Å². The lowest BCUT2D eigenvalue weighted by Crippen LogP contribution is -2.07. The average Bonchev–Trinajstić information content (AvgIpc) is 2.12. The molecule has 0 aliphatic heterocycles. The molecule has 0 aliphatic carbocycles. The topological polar surface area (TPSA) is 45.1 Å². The van der Waals surface area contributed by atoms with E-state index < -0.39 is 5.95 Å². The van der Waals surface area contributed by atoms with Gasteiger partial charge in [0.2, 0.25) is 5.95 Å². The number of rotatable bonds is 5. The number of hydrogen-bond donors (Lipinski definition) is 2. The monoisotopic (exact) mass is 198 g/mol. The Labute approximate surface area is 83.0 Å². The Morgan fingerprint density at radius 1 is 1.57 bits per heavy atom. The minimum absolute atomic E-state index is 0.280. The van der Waals surface area contributed by atoms with Gasteiger partial charge < -0.3 is 10.4 Å². The first-order valence-electron chi connectivity index (χ1n) is 4.73. The number of hydrogen-bond acceptors (Lipinski definition) is 3. The van der Waals surface area contributed by atoms with Gasteiger partial charge in [0.25, 0.3) is 0 Å². The van der Waals surface area contributed by atoms with Crippen molar-refractivity contribution < 1.29 is 9.50 Å². The second-order valence-electron chi connectivity index (χ2n) is 3.26. The Balaban J connectivity index is 2.25. The highest BCUT2D eigenvalue weighted by Crippen LogP contribution is 2.04. The van der Waals surface area contributed by atoms with E-state index in [-0.39, 0.29) is 6.10 Å². The van der Waals surface area contributed by atoms with Gasteiger partial charge in [0.05, 0.1) is 6.10 Å². The van der Waals surface area contributed by atoms with Crippen LogP contribution in [-0.2, 0) is 0 Å². The molecule has 1 aromatic rings. The maximum atomic E-state index is 12.6. The van der Waals surface area contributed by atoms with Crippen molar-refractivity contribution in [3.8, 4) is 0 Å². The number of aliphatic hydroxyl groups is 1.